The summed E-state index contributed by atoms with van der Waals surface area (Å²) in [5.41, 5.74) is 3.19. The van der Waals surface area contributed by atoms with E-state index >= 15 is 0 Å². The summed E-state index contributed by atoms with van der Waals surface area (Å²) >= 11 is 0. The zero-order valence-electron chi connectivity index (χ0n) is 15.4. The normalized spacial score (nSPS) is 10.6. The molecule has 5 heteroatoms. The zero-order chi connectivity index (χ0) is 19.3. The van der Waals surface area contributed by atoms with E-state index in [1.165, 1.54) is 0 Å². The second-order valence-corrected chi connectivity index (χ2v) is 6.38. The van der Waals surface area contributed by atoms with Crippen LogP contribution in [0.3, 0.4) is 0 Å². The summed E-state index contributed by atoms with van der Waals surface area (Å²) in [6.07, 6.45) is 3.33. The number of pyridine rings is 2. The Kier molecular flexibility index (Phi) is 4.97. The molecule has 4 rings (SSSR count). The Labute approximate surface area is 163 Å². The van der Waals surface area contributed by atoms with Gasteiger partial charge in [-0.25, -0.2) is 4.98 Å². The number of ether oxygens (including phenoxy) is 1. The van der Waals surface area contributed by atoms with E-state index in [4.69, 9.17) is 4.74 Å². The number of carbonyl (C=O) groups excluding carboxylic acids is 1. The number of nitrogens with zero attached hydrogens (tertiary/aromatic N) is 3. The van der Waals surface area contributed by atoms with Crippen LogP contribution in [0.1, 0.15) is 16.1 Å². The van der Waals surface area contributed by atoms with E-state index in [9.17, 15) is 4.79 Å². The van der Waals surface area contributed by atoms with Gasteiger partial charge in [-0.15, -0.1) is 0 Å². The Hall–Kier alpha value is -3.73. The van der Waals surface area contributed by atoms with Gasteiger partial charge < -0.3 is 9.64 Å². The van der Waals surface area contributed by atoms with Crippen molar-refractivity contribution in [1.29, 1.82) is 0 Å². The second kappa shape index (κ2) is 7.88. The molecule has 0 aliphatic rings. The van der Waals surface area contributed by atoms with Crippen molar-refractivity contribution in [2.75, 3.05) is 11.9 Å². The maximum absolute atomic E-state index is 12.6. The van der Waals surface area contributed by atoms with Crippen molar-refractivity contribution >= 4 is 22.5 Å². The highest BCUT2D eigenvalue weighted by molar-refractivity contribution is 6.05. The molecule has 0 spiro atoms. The molecule has 0 fully saturated rings. The van der Waals surface area contributed by atoms with Gasteiger partial charge in [0.15, 0.2) is 0 Å². The maximum atomic E-state index is 12.6. The molecule has 2 aromatic carbocycles. The fourth-order valence-electron chi connectivity index (χ4n) is 2.92. The second-order valence-electron chi connectivity index (χ2n) is 6.38. The van der Waals surface area contributed by atoms with E-state index in [1.807, 2.05) is 36.4 Å². The molecule has 0 atom stereocenters. The summed E-state index contributed by atoms with van der Waals surface area (Å²) in [4.78, 5) is 22.8. The molecule has 0 unspecified atom stereocenters. The Morgan fingerprint density at radius 3 is 2.46 bits per heavy atom. The van der Waals surface area contributed by atoms with Crippen molar-refractivity contribution < 1.29 is 9.53 Å². The number of benzene rings is 2. The number of amides is 1. The number of hydrogen-bond acceptors (Lipinski definition) is 4. The summed E-state index contributed by atoms with van der Waals surface area (Å²) in [5, 5.41) is 1.10. The fourth-order valence-corrected chi connectivity index (χ4v) is 2.92. The van der Waals surface area contributed by atoms with Crippen LogP contribution in [0, 0.1) is 0 Å². The maximum Gasteiger partial charge on any atom is 0.258 e. The number of fused-ring (bicyclic) bond motifs is 1. The minimum Gasteiger partial charge on any atom is -0.487 e. The molecule has 0 aliphatic heterocycles. The van der Waals surface area contributed by atoms with Gasteiger partial charge in [0, 0.05) is 36.1 Å². The highest BCUT2D eigenvalue weighted by Crippen LogP contribution is 2.18. The average molecular weight is 369 g/mol. The van der Waals surface area contributed by atoms with Gasteiger partial charge in [0.2, 0.25) is 0 Å². The van der Waals surface area contributed by atoms with E-state index in [1.54, 1.807) is 60.7 Å². The standard InChI is InChI=1S/C23H19N3O2/c1-26(20-12-14-24-15-13-20)23(27)18-7-10-21(11-8-18)28-16-19-9-6-17-4-2-3-5-22(17)25-19/h2-15H,16H2,1H3. The van der Waals surface area contributed by atoms with Crippen molar-refractivity contribution in [3.63, 3.8) is 0 Å². The Bertz CT molecular complexity index is 1100. The predicted molar refractivity (Wildman–Crippen MR) is 109 cm³/mol. The molecular weight excluding hydrogens is 350 g/mol. The summed E-state index contributed by atoms with van der Waals surface area (Å²) in [6, 6.07) is 22.7. The van der Waals surface area contributed by atoms with E-state index in [0.29, 0.717) is 17.9 Å². The first kappa shape index (κ1) is 17.7. The topological polar surface area (TPSA) is 55.3 Å². The largest absolute Gasteiger partial charge is 0.487 e. The highest BCUT2D eigenvalue weighted by Gasteiger charge is 2.13. The molecule has 138 valence electrons. The molecule has 0 radical (unpaired) electrons. The number of para-hydroxylation sites is 1. The first-order valence-electron chi connectivity index (χ1n) is 8.96. The van der Waals surface area contributed by atoms with Crippen molar-refractivity contribution in [3.05, 3.63) is 96.4 Å². The number of hydrogen-bond donors (Lipinski definition) is 0. The van der Waals surface area contributed by atoms with Crippen LogP contribution in [-0.2, 0) is 6.61 Å². The van der Waals surface area contributed by atoms with Crippen LogP contribution in [0.2, 0.25) is 0 Å². The van der Waals surface area contributed by atoms with Gasteiger partial charge in [0.1, 0.15) is 12.4 Å². The lowest BCUT2D eigenvalue weighted by Crippen LogP contribution is -2.26. The van der Waals surface area contributed by atoms with Crippen molar-refractivity contribution in [2.24, 2.45) is 0 Å². The summed E-state index contributed by atoms with van der Waals surface area (Å²) < 4.78 is 5.83. The Morgan fingerprint density at radius 1 is 0.929 bits per heavy atom. The van der Waals surface area contributed by atoms with Crippen LogP contribution in [0.15, 0.2) is 85.2 Å². The first-order valence-corrected chi connectivity index (χ1v) is 8.96. The third-order valence-electron chi connectivity index (χ3n) is 4.50. The van der Waals surface area contributed by atoms with Gasteiger partial charge in [-0.05, 0) is 48.5 Å². The number of aromatic nitrogens is 2. The summed E-state index contributed by atoms with van der Waals surface area (Å²) in [7, 11) is 1.74. The molecule has 0 saturated carbocycles. The van der Waals surface area contributed by atoms with Crippen LogP contribution in [0.4, 0.5) is 5.69 Å². The molecule has 2 heterocycles. The molecule has 28 heavy (non-hydrogen) atoms. The Balaban J connectivity index is 1.42. The third-order valence-corrected chi connectivity index (χ3v) is 4.50. The fraction of sp³-hybridized carbons (Fsp3) is 0.0870. The zero-order valence-corrected chi connectivity index (χ0v) is 15.4. The molecule has 2 aromatic heterocycles. The van der Waals surface area contributed by atoms with Crippen LogP contribution < -0.4 is 9.64 Å². The lowest BCUT2D eigenvalue weighted by molar-refractivity contribution is 0.0993. The van der Waals surface area contributed by atoms with Gasteiger partial charge >= 0.3 is 0 Å². The molecule has 4 aromatic rings. The SMILES string of the molecule is CN(C(=O)c1ccc(OCc2ccc3ccccc3n2)cc1)c1ccncc1. The average Bonchev–Trinajstić information content (AvgIpc) is 2.77. The number of anilines is 1. The van der Waals surface area contributed by atoms with Crippen molar-refractivity contribution in [2.45, 2.75) is 6.61 Å². The minimum absolute atomic E-state index is 0.0889. The predicted octanol–water partition coefficient (Wildman–Crippen LogP) is 4.49. The molecule has 1 amide bonds. The van der Waals surface area contributed by atoms with Gasteiger partial charge in [0.05, 0.1) is 11.2 Å². The van der Waals surface area contributed by atoms with Crippen LogP contribution in [-0.4, -0.2) is 22.9 Å². The monoisotopic (exact) mass is 369 g/mol. The van der Waals surface area contributed by atoms with Crippen LogP contribution in [0.5, 0.6) is 5.75 Å². The summed E-state index contributed by atoms with van der Waals surface area (Å²) in [6.45, 7) is 0.370. The molecule has 0 N–H and O–H groups in total. The molecular formula is C23H19N3O2. The lowest BCUT2D eigenvalue weighted by atomic mass is 10.2. The molecule has 0 bridgehead atoms. The Morgan fingerprint density at radius 2 is 1.68 bits per heavy atom. The minimum atomic E-state index is -0.0889. The lowest BCUT2D eigenvalue weighted by Gasteiger charge is -2.17. The van der Waals surface area contributed by atoms with Gasteiger partial charge in [-0.1, -0.05) is 24.3 Å². The van der Waals surface area contributed by atoms with Gasteiger partial charge in [-0.3, -0.25) is 9.78 Å². The third kappa shape index (κ3) is 3.83. The van der Waals surface area contributed by atoms with Gasteiger partial charge in [-0.2, -0.15) is 0 Å². The smallest absolute Gasteiger partial charge is 0.258 e. The van der Waals surface area contributed by atoms with Crippen LogP contribution >= 0.6 is 0 Å². The van der Waals surface area contributed by atoms with E-state index in [2.05, 4.69) is 9.97 Å². The van der Waals surface area contributed by atoms with Crippen molar-refractivity contribution in [1.82, 2.24) is 9.97 Å². The number of rotatable bonds is 5. The number of carbonyl (C=O) groups is 1. The highest BCUT2D eigenvalue weighted by atomic mass is 16.5. The van der Waals surface area contributed by atoms with Crippen molar-refractivity contribution in [3.8, 4) is 5.75 Å². The van der Waals surface area contributed by atoms with Crippen LogP contribution in [0.25, 0.3) is 10.9 Å². The first-order chi connectivity index (χ1) is 13.7. The van der Waals surface area contributed by atoms with Gasteiger partial charge in [0.25, 0.3) is 5.91 Å². The summed E-state index contributed by atoms with van der Waals surface area (Å²) in [5.74, 6) is 0.604. The molecule has 0 aliphatic carbocycles. The van der Waals surface area contributed by atoms with E-state index in [-0.39, 0.29) is 5.91 Å². The quantitative estimate of drug-likeness (QED) is 0.520. The molecule has 0 saturated heterocycles. The van der Waals surface area contributed by atoms with E-state index < -0.39 is 0 Å². The van der Waals surface area contributed by atoms with E-state index in [0.717, 1.165) is 22.3 Å². The molecule has 5 nitrogen and oxygen atoms in total.